The fourth-order valence-electron chi connectivity index (χ4n) is 1.61. The molecule has 0 aromatic carbocycles. The molecule has 0 amide bonds. The SMILES string of the molecule is N#Cc1ccc(OC2CCCNC2)nc1. The molecule has 1 aliphatic rings. The molecule has 1 atom stereocenters. The summed E-state index contributed by atoms with van der Waals surface area (Å²) in [4.78, 5) is 4.07. The number of nitriles is 1. The van der Waals surface area contributed by atoms with Gasteiger partial charge in [-0.15, -0.1) is 0 Å². The molecule has 0 radical (unpaired) electrons. The van der Waals surface area contributed by atoms with E-state index in [1.165, 1.54) is 6.20 Å². The number of pyridine rings is 1. The van der Waals surface area contributed by atoms with Gasteiger partial charge in [-0.25, -0.2) is 4.98 Å². The number of piperidine rings is 1. The molecule has 2 rings (SSSR count). The Morgan fingerprint density at radius 3 is 3.07 bits per heavy atom. The molecule has 0 aliphatic carbocycles. The minimum Gasteiger partial charge on any atom is -0.473 e. The highest BCUT2D eigenvalue weighted by Gasteiger charge is 2.14. The molecule has 1 aliphatic heterocycles. The van der Waals surface area contributed by atoms with Crippen molar-refractivity contribution >= 4 is 0 Å². The van der Waals surface area contributed by atoms with E-state index in [1.54, 1.807) is 12.1 Å². The number of ether oxygens (including phenoxy) is 1. The van der Waals surface area contributed by atoms with E-state index < -0.39 is 0 Å². The molecular weight excluding hydrogens is 190 g/mol. The minimum absolute atomic E-state index is 0.208. The first-order valence-electron chi connectivity index (χ1n) is 5.12. The van der Waals surface area contributed by atoms with Gasteiger partial charge in [-0.3, -0.25) is 0 Å². The number of hydrogen-bond donors (Lipinski definition) is 1. The molecule has 15 heavy (non-hydrogen) atoms. The Balaban J connectivity index is 1.95. The summed E-state index contributed by atoms with van der Waals surface area (Å²) in [6, 6.07) is 5.49. The lowest BCUT2D eigenvalue weighted by Crippen LogP contribution is -2.37. The summed E-state index contributed by atoms with van der Waals surface area (Å²) in [7, 11) is 0. The van der Waals surface area contributed by atoms with Crippen molar-refractivity contribution < 1.29 is 4.74 Å². The average Bonchev–Trinajstić information content (AvgIpc) is 2.31. The molecule has 0 bridgehead atoms. The highest BCUT2D eigenvalue weighted by atomic mass is 16.5. The topological polar surface area (TPSA) is 57.9 Å². The van der Waals surface area contributed by atoms with E-state index in [2.05, 4.69) is 10.3 Å². The van der Waals surface area contributed by atoms with E-state index in [4.69, 9.17) is 10.00 Å². The zero-order valence-electron chi connectivity index (χ0n) is 8.44. The molecule has 0 saturated carbocycles. The van der Waals surface area contributed by atoms with Gasteiger partial charge in [0, 0.05) is 18.8 Å². The zero-order chi connectivity index (χ0) is 10.5. The van der Waals surface area contributed by atoms with Crippen LogP contribution in [-0.4, -0.2) is 24.2 Å². The summed E-state index contributed by atoms with van der Waals surface area (Å²) in [5.74, 6) is 0.600. The fraction of sp³-hybridized carbons (Fsp3) is 0.455. The fourth-order valence-corrected chi connectivity index (χ4v) is 1.61. The summed E-state index contributed by atoms with van der Waals surface area (Å²) < 4.78 is 5.67. The Kier molecular flexibility index (Phi) is 3.15. The minimum atomic E-state index is 0.208. The van der Waals surface area contributed by atoms with Gasteiger partial charge in [-0.1, -0.05) is 0 Å². The Bertz CT molecular complexity index is 349. The Morgan fingerprint density at radius 2 is 2.47 bits per heavy atom. The van der Waals surface area contributed by atoms with E-state index >= 15 is 0 Å². The normalized spacial score (nSPS) is 20.6. The third-order valence-corrected chi connectivity index (χ3v) is 2.40. The third-order valence-electron chi connectivity index (χ3n) is 2.40. The highest BCUT2D eigenvalue weighted by Crippen LogP contribution is 2.12. The molecular formula is C11H13N3O. The van der Waals surface area contributed by atoms with Crippen molar-refractivity contribution in [3.8, 4) is 11.9 Å². The first kappa shape index (κ1) is 9.94. The molecule has 78 valence electrons. The van der Waals surface area contributed by atoms with Crippen LogP contribution < -0.4 is 10.1 Å². The van der Waals surface area contributed by atoms with Crippen LogP contribution in [0.25, 0.3) is 0 Å². The summed E-state index contributed by atoms with van der Waals surface area (Å²) >= 11 is 0. The van der Waals surface area contributed by atoms with Crippen molar-refractivity contribution in [2.24, 2.45) is 0 Å². The van der Waals surface area contributed by atoms with Gasteiger partial charge in [0.1, 0.15) is 12.2 Å². The molecule has 0 spiro atoms. The van der Waals surface area contributed by atoms with Crippen LogP contribution in [-0.2, 0) is 0 Å². The lowest BCUT2D eigenvalue weighted by atomic mass is 10.1. The van der Waals surface area contributed by atoms with Gasteiger partial charge in [0.15, 0.2) is 0 Å². The maximum absolute atomic E-state index is 8.61. The van der Waals surface area contributed by atoms with Crippen LogP contribution in [0.3, 0.4) is 0 Å². The van der Waals surface area contributed by atoms with E-state index in [1.807, 2.05) is 6.07 Å². The maximum atomic E-state index is 8.61. The number of nitrogens with one attached hydrogen (secondary N) is 1. The number of nitrogens with zero attached hydrogens (tertiary/aromatic N) is 2. The van der Waals surface area contributed by atoms with Crippen LogP contribution in [0.15, 0.2) is 18.3 Å². The Labute approximate surface area is 88.9 Å². The average molecular weight is 203 g/mol. The van der Waals surface area contributed by atoms with Gasteiger partial charge in [0.25, 0.3) is 0 Å². The molecule has 4 heteroatoms. The quantitative estimate of drug-likeness (QED) is 0.781. The molecule has 1 unspecified atom stereocenters. The number of rotatable bonds is 2. The second-order valence-electron chi connectivity index (χ2n) is 3.58. The van der Waals surface area contributed by atoms with E-state index in [0.717, 1.165) is 25.9 Å². The lowest BCUT2D eigenvalue weighted by molar-refractivity contribution is 0.160. The maximum Gasteiger partial charge on any atom is 0.213 e. The van der Waals surface area contributed by atoms with Crippen molar-refractivity contribution in [2.75, 3.05) is 13.1 Å². The lowest BCUT2D eigenvalue weighted by Gasteiger charge is -2.23. The van der Waals surface area contributed by atoms with Crippen LogP contribution in [0.4, 0.5) is 0 Å². The summed E-state index contributed by atoms with van der Waals surface area (Å²) in [6.45, 7) is 1.95. The van der Waals surface area contributed by atoms with E-state index in [-0.39, 0.29) is 6.10 Å². The van der Waals surface area contributed by atoms with Crippen molar-refractivity contribution in [1.29, 1.82) is 5.26 Å². The predicted octanol–water partition coefficient (Wildman–Crippen LogP) is 1.08. The molecule has 1 N–H and O–H groups in total. The van der Waals surface area contributed by atoms with E-state index in [0.29, 0.717) is 11.4 Å². The molecule has 1 fully saturated rings. The van der Waals surface area contributed by atoms with Gasteiger partial charge in [0.2, 0.25) is 5.88 Å². The molecule has 1 aromatic heterocycles. The van der Waals surface area contributed by atoms with Gasteiger partial charge in [-0.2, -0.15) is 5.26 Å². The van der Waals surface area contributed by atoms with Gasteiger partial charge >= 0.3 is 0 Å². The first-order valence-corrected chi connectivity index (χ1v) is 5.12. The predicted molar refractivity (Wildman–Crippen MR) is 55.5 cm³/mol. The third kappa shape index (κ3) is 2.67. The molecule has 2 heterocycles. The second-order valence-corrected chi connectivity index (χ2v) is 3.58. The van der Waals surface area contributed by atoms with Crippen LogP contribution in [0.1, 0.15) is 18.4 Å². The standard InChI is InChI=1S/C11H13N3O/c12-6-9-3-4-11(14-7-9)15-10-2-1-5-13-8-10/h3-4,7,10,13H,1-2,5,8H2. The smallest absolute Gasteiger partial charge is 0.213 e. The summed E-state index contributed by atoms with van der Waals surface area (Å²) in [6.07, 6.45) is 3.94. The van der Waals surface area contributed by atoms with Crippen LogP contribution in [0, 0.1) is 11.3 Å². The van der Waals surface area contributed by atoms with Gasteiger partial charge < -0.3 is 10.1 Å². The van der Waals surface area contributed by atoms with Crippen molar-refractivity contribution in [1.82, 2.24) is 10.3 Å². The number of hydrogen-bond acceptors (Lipinski definition) is 4. The second kappa shape index (κ2) is 4.76. The van der Waals surface area contributed by atoms with Crippen LogP contribution in [0.2, 0.25) is 0 Å². The zero-order valence-corrected chi connectivity index (χ0v) is 8.44. The van der Waals surface area contributed by atoms with Crippen LogP contribution >= 0.6 is 0 Å². The number of aromatic nitrogens is 1. The highest BCUT2D eigenvalue weighted by molar-refractivity contribution is 5.28. The molecule has 4 nitrogen and oxygen atoms in total. The molecule has 1 aromatic rings. The van der Waals surface area contributed by atoms with Crippen molar-refractivity contribution in [3.63, 3.8) is 0 Å². The molecule has 1 saturated heterocycles. The Hall–Kier alpha value is -1.60. The summed E-state index contributed by atoms with van der Waals surface area (Å²) in [5, 5.41) is 11.9. The Morgan fingerprint density at radius 1 is 1.53 bits per heavy atom. The van der Waals surface area contributed by atoms with Crippen molar-refractivity contribution in [2.45, 2.75) is 18.9 Å². The van der Waals surface area contributed by atoms with Crippen molar-refractivity contribution in [3.05, 3.63) is 23.9 Å². The largest absolute Gasteiger partial charge is 0.473 e. The van der Waals surface area contributed by atoms with Crippen LogP contribution in [0.5, 0.6) is 5.88 Å². The van der Waals surface area contributed by atoms with E-state index in [9.17, 15) is 0 Å². The van der Waals surface area contributed by atoms with Gasteiger partial charge in [-0.05, 0) is 25.5 Å². The monoisotopic (exact) mass is 203 g/mol. The summed E-state index contributed by atoms with van der Waals surface area (Å²) in [5.41, 5.74) is 0.559. The first-order chi connectivity index (χ1) is 7.38. The van der Waals surface area contributed by atoms with Gasteiger partial charge in [0.05, 0.1) is 5.56 Å².